The first-order chi connectivity index (χ1) is 12.1. The van der Waals surface area contributed by atoms with Crippen molar-refractivity contribution < 1.29 is 14.8 Å². The van der Waals surface area contributed by atoms with Crippen molar-refractivity contribution in [2.45, 2.75) is 18.4 Å². The Balaban J connectivity index is 1.83. The molecule has 4 rings (SSSR count). The van der Waals surface area contributed by atoms with Gasteiger partial charge in [-0.3, -0.25) is 10.1 Å². The number of anilines is 1. The number of fused-ring (bicyclic) bond motifs is 3. The normalized spacial score (nSPS) is 23.4. The summed E-state index contributed by atoms with van der Waals surface area (Å²) in [5.74, 6) is -0.666. The molecule has 1 heterocycles. The van der Waals surface area contributed by atoms with Crippen LogP contribution in [0.1, 0.15) is 39.9 Å². The molecule has 1 aliphatic carbocycles. The van der Waals surface area contributed by atoms with Crippen LogP contribution in [-0.2, 0) is 0 Å². The number of carboxylic acid groups (broad SMARTS) is 1. The number of nitro groups is 1. The molecule has 0 saturated heterocycles. The number of para-hydroxylation sites is 1. The number of benzene rings is 2. The smallest absolute Gasteiger partial charge is 0.337 e. The molecule has 2 aromatic rings. The van der Waals surface area contributed by atoms with Crippen LogP contribution in [0, 0.1) is 16.0 Å². The van der Waals surface area contributed by atoms with E-state index in [2.05, 4.69) is 17.5 Å². The van der Waals surface area contributed by atoms with Crippen molar-refractivity contribution in [1.82, 2.24) is 0 Å². The van der Waals surface area contributed by atoms with Crippen molar-refractivity contribution in [3.8, 4) is 0 Å². The molecular weight excluding hydrogens is 320 g/mol. The molecule has 2 aliphatic rings. The first-order valence-electron chi connectivity index (χ1n) is 8.10. The van der Waals surface area contributed by atoms with E-state index in [1.54, 1.807) is 24.3 Å². The molecule has 0 fully saturated rings. The summed E-state index contributed by atoms with van der Waals surface area (Å²) in [6.07, 6.45) is 5.06. The van der Waals surface area contributed by atoms with Crippen molar-refractivity contribution >= 4 is 17.3 Å². The Bertz CT molecular complexity index is 906. The maximum Gasteiger partial charge on any atom is 0.337 e. The Morgan fingerprint density at radius 1 is 1.24 bits per heavy atom. The Morgan fingerprint density at radius 3 is 2.80 bits per heavy atom. The van der Waals surface area contributed by atoms with Gasteiger partial charge in [-0.15, -0.1) is 0 Å². The summed E-state index contributed by atoms with van der Waals surface area (Å²) in [5.41, 5.74) is 2.66. The molecule has 2 aromatic carbocycles. The molecule has 3 atom stereocenters. The van der Waals surface area contributed by atoms with Gasteiger partial charge in [0, 0.05) is 18.1 Å². The largest absolute Gasteiger partial charge is 0.478 e. The molecule has 0 amide bonds. The first-order valence-corrected chi connectivity index (χ1v) is 8.10. The van der Waals surface area contributed by atoms with E-state index in [0.29, 0.717) is 5.69 Å². The van der Waals surface area contributed by atoms with Gasteiger partial charge in [0.1, 0.15) is 0 Å². The van der Waals surface area contributed by atoms with Crippen LogP contribution in [0.15, 0.2) is 54.6 Å². The summed E-state index contributed by atoms with van der Waals surface area (Å²) in [6.45, 7) is 0. The van der Waals surface area contributed by atoms with E-state index in [9.17, 15) is 20.0 Å². The summed E-state index contributed by atoms with van der Waals surface area (Å²) in [4.78, 5) is 22.3. The maximum atomic E-state index is 11.6. The lowest BCUT2D eigenvalue weighted by Crippen LogP contribution is -2.30. The molecule has 0 aromatic heterocycles. The van der Waals surface area contributed by atoms with E-state index in [1.165, 1.54) is 6.07 Å². The summed E-state index contributed by atoms with van der Waals surface area (Å²) in [5, 5.41) is 24.0. The molecule has 1 aliphatic heterocycles. The fourth-order valence-corrected chi connectivity index (χ4v) is 3.96. The predicted octanol–water partition coefficient (Wildman–Crippen LogP) is 4.12. The van der Waals surface area contributed by atoms with Crippen molar-refractivity contribution in [2.24, 2.45) is 5.92 Å². The molecule has 126 valence electrons. The van der Waals surface area contributed by atoms with Crippen LogP contribution in [0.4, 0.5) is 11.4 Å². The molecule has 0 unspecified atom stereocenters. The summed E-state index contributed by atoms with van der Waals surface area (Å²) in [7, 11) is 0. The van der Waals surface area contributed by atoms with E-state index in [1.807, 2.05) is 12.1 Å². The molecule has 6 nitrogen and oxygen atoms in total. The highest BCUT2D eigenvalue weighted by atomic mass is 16.6. The molecule has 0 radical (unpaired) electrons. The number of carbonyl (C=O) groups is 1. The number of hydrogen-bond donors (Lipinski definition) is 2. The van der Waals surface area contributed by atoms with Gasteiger partial charge in [-0.25, -0.2) is 4.79 Å². The highest BCUT2D eigenvalue weighted by molar-refractivity contribution is 5.95. The topological polar surface area (TPSA) is 92.5 Å². The molecule has 2 N–H and O–H groups in total. The molecular formula is C19H16N2O4. The molecule has 25 heavy (non-hydrogen) atoms. The quantitative estimate of drug-likeness (QED) is 0.500. The summed E-state index contributed by atoms with van der Waals surface area (Å²) >= 11 is 0. The van der Waals surface area contributed by atoms with Crippen molar-refractivity contribution in [3.05, 3.63) is 81.4 Å². The third kappa shape index (κ3) is 2.46. The monoisotopic (exact) mass is 336 g/mol. The van der Waals surface area contributed by atoms with Crippen LogP contribution in [0.5, 0.6) is 0 Å². The zero-order valence-electron chi connectivity index (χ0n) is 13.3. The minimum absolute atomic E-state index is 0.0409. The van der Waals surface area contributed by atoms with Crippen molar-refractivity contribution in [2.75, 3.05) is 5.32 Å². The number of nitro benzene ring substituents is 1. The highest BCUT2D eigenvalue weighted by Crippen LogP contribution is 2.50. The lowest BCUT2D eigenvalue weighted by molar-refractivity contribution is -0.384. The Labute approximate surface area is 144 Å². The highest BCUT2D eigenvalue weighted by Gasteiger charge is 2.39. The van der Waals surface area contributed by atoms with E-state index >= 15 is 0 Å². The predicted molar refractivity (Wildman–Crippen MR) is 92.8 cm³/mol. The van der Waals surface area contributed by atoms with E-state index < -0.39 is 10.9 Å². The van der Waals surface area contributed by atoms with Gasteiger partial charge in [0.2, 0.25) is 0 Å². The number of non-ortho nitro benzene ring substituents is 1. The van der Waals surface area contributed by atoms with Gasteiger partial charge < -0.3 is 10.4 Å². The van der Waals surface area contributed by atoms with Gasteiger partial charge >= 0.3 is 5.97 Å². The maximum absolute atomic E-state index is 11.6. The Hall–Kier alpha value is -3.15. The minimum Gasteiger partial charge on any atom is -0.478 e. The van der Waals surface area contributed by atoms with Crippen LogP contribution in [0.25, 0.3) is 0 Å². The number of aromatic carboxylic acids is 1. The van der Waals surface area contributed by atoms with Gasteiger partial charge in [-0.05, 0) is 29.5 Å². The third-order valence-electron chi connectivity index (χ3n) is 5.07. The van der Waals surface area contributed by atoms with Crippen LogP contribution in [-0.4, -0.2) is 16.0 Å². The second-order valence-corrected chi connectivity index (χ2v) is 6.40. The van der Waals surface area contributed by atoms with Gasteiger partial charge in [-0.2, -0.15) is 0 Å². The minimum atomic E-state index is -0.984. The number of carboxylic acids is 1. The zero-order valence-corrected chi connectivity index (χ0v) is 13.3. The lowest BCUT2D eigenvalue weighted by Gasteiger charge is -2.38. The fraction of sp³-hybridized carbons (Fsp3) is 0.211. The first kappa shape index (κ1) is 15.4. The molecule has 6 heteroatoms. The fourth-order valence-electron chi connectivity index (χ4n) is 3.96. The number of allylic oxidation sites excluding steroid dienone is 2. The summed E-state index contributed by atoms with van der Waals surface area (Å²) < 4.78 is 0. The Kier molecular flexibility index (Phi) is 3.53. The second kappa shape index (κ2) is 5.73. The van der Waals surface area contributed by atoms with Crippen molar-refractivity contribution in [1.29, 1.82) is 0 Å². The van der Waals surface area contributed by atoms with E-state index in [-0.39, 0.29) is 29.1 Å². The van der Waals surface area contributed by atoms with E-state index in [4.69, 9.17) is 0 Å². The zero-order chi connectivity index (χ0) is 17.6. The number of nitrogens with zero attached hydrogens (tertiary/aromatic N) is 1. The van der Waals surface area contributed by atoms with Gasteiger partial charge in [0.15, 0.2) is 0 Å². The number of hydrogen-bond acceptors (Lipinski definition) is 4. The molecule has 0 saturated carbocycles. The van der Waals surface area contributed by atoms with E-state index in [0.717, 1.165) is 17.5 Å². The molecule has 0 bridgehead atoms. The second-order valence-electron chi connectivity index (χ2n) is 6.40. The average molecular weight is 336 g/mol. The van der Waals surface area contributed by atoms with Crippen LogP contribution in [0.2, 0.25) is 0 Å². The summed E-state index contributed by atoms with van der Waals surface area (Å²) in [6, 6.07) is 11.7. The van der Waals surface area contributed by atoms with Crippen molar-refractivity contribution in [3.63, 3.8) is 0 Å². The van der Waals surface area contributed by atoms with Crippen LogP contribution in [0.3, 0.4) is 0 Å². The molecule has 0 spiro atoms. The third-order valence-corrected chi connectivity index (χ3v) is 5.07. The average Bonchev–Trinajstić information content (AvgIpc) is 3.10. The van der Waals surface area contributed by atoms with Crippen LogP contribution < -0.4 is 5.32 Å². The SMILES string of the molecule is O=C(O)c1cccc2c1N[C@H](c1cccc([N+](=O)[O-])c1)[C@H]1CC=C[C@@H]21. The van der Waals surface area contributed by atoms with Gasteiger partial charge in [-0.1, -0.05) is 36.4 Å². The van der Waals surface area contributed by atoms with Gasteiger partial charge in [0.05, 0.1) is 22.2 Å². The van der Waals surface area contributed by atoms with Crippen LogP contribution >= 0.6 is 0 Å². The van der Waals surface area contributed by atoms with Gasteiger partial charge in [0.25, 0.3) is 5.69 Å². The number of rotatable bonds is 3. The lowest BCUT2D eigenvalue weighted by atomic mass is 9.76. The Morgan fingerprint density at radius 2 is 2.04 bits per heavy atom. The standard InChI is InChI=1S/C19H16N2O4/c22-19(23)16-9-3-8-15-13-6-2-7-14(13)17(20-18(15)16)11-4-1-5-12(10-11)21(24)25/h1-6,8-10,13-14,17,20H,7H2,(H,22,23)/t13-,14+,17-/m1/s1. The number of nitrogens with one attached hydrogen (secondary N) is 1.